The van der Waals surface area contributed by atoms with Crippen LogP contribution in [0, 0.1) is 0 Å². The third kappa shape index (κ3) is 11.3. The molecule has 0 bridgehead atoms. The molecule has 0 aromatic heterocycles. The third-order valence-corrected chi connectivity index (χ3v) is 30.5. The normalized spacial score (nSPS) is 11.7. The summed E-state index contributed by atoms with van der Waals surface area (Å²) in [6.45, 7) is 0. The Morgan fingerprint density at radius 1 is 0.173 bits per heavy atom. The maximum Gasteiger partial charge on any atom is 0.608 e. The summed E-state index contributed by atoms with van der Waals surface area (Å²) in [6.07, 6.45) is 0. The Kier molecular flexibility index (Phi) is 17.2. The fraction of sp³-hybridized carbons (Fsp3) is 0. The largest absolute Gasteiger partial charge is 0.608 e. The molecule has 0 spiro atoms. The molecule has 0 heterocycles. The highest BCUT2D eigenvalue weighted by Gasteiger charge is 2.56. The lowest BCUT2D eigenvalue weighted by Crippen LogP contribution is -2.78. The Labute approximate surface area is 481 Å². The minimum atomic E-state index is -3.50. The van der Waals surface area contributed by atoms with E-state index in [2.05, 4.69) is 273 Å². The van der Waals surface area contributed by atoms with Crippen molar-refractivity contribution in [3.8, 4) is 0 Å². The van der Waals surface area contributed by atoms with Crippen LogP contribution in [0.1, 0.15) is 0 Å². The molecule has 0 fully saturated rings. The highest BCUT2D eigenvalue weighted by molar-refractivity contribution is 7.14. The quantitative estimate of drug-likeness (QED) is 0.0709. The van der Waals surface area contributed by atoms with E-state index in [4.69, 9.17) is 13.0 Å². The van der Waals surface area contributed by atoms with Crippen molar-refractivity contribution in [3.63, 3.8) is 0 Å². The van der Waals surface area contributed by atoms with Crippen molar-refractivity contribution in [2.75, 3.05) is 0 Å². The van der Waals surface area contributed by atoms with E-state index in [9.17, 15) is 4.80 Å². The topological polar surface area (TPSA) is 47.9 Å². The minimum absolute atomic E-state index is 1.01. The number of rotatable bonds is 18. The van der Waals surface area contributed by atoms with Crippen LogP contribution >= 0.6 is 0 Å². The summed E-state index contributed by atoms with van der Waals surface area (Å²) in [5.74, 6) is 0. The van der Waals surface area contributed by atoms with Gasteiger partial charge in [0, 0.05) is 0 Å². The zero-order chi connectivity index (χ0) is 55.1. The van der Waals surface area contributed by atoms with Crippen LogP contribution in [0.4, 0.5) is 0 Å². The predicted octanol–water partition coefficient (Wildman–Crippen LogP) is 7.67. The van der Waals surface area contributed by atoms with Gasteiger partial charge in [-0.25, -0.2) is 0 Å². The van der Waals surface area contributed by atoms with Gasteiger partial charge in [0.1, 0.15) is 0 Å². The lowest BCUT2D eigenvalue weighted by Gasteiger charge is -2.43. The van der Waals surface area contributed by atoms with Crippen molar-refractivity contribution in [2.45, 2.75) is 0 Å². The molecule has 4 nitrogen and oxygen atoms in total. The Balaban J connectivity index is 0.000000289. The van der Waals surface area contributed by atoms with E-state index in [0.29, 0.717) is 0 Å². The first kappa shape index (κ1) is 54.4. The molecule has 12 rings (SSSR count). The molecule has 0 aliphatic rings. The van der Waals surface area contributed by atoms with E-state index in [1.807, 2.05) is 91.0 Å². The molecule has 0 saturated carbocycles. The summed E-state index contributed by atoms with van der Waals surface area (Å²) in [7, 11) is -14.6. The molecule has 0 amide bonds. The molecule has 0 radical (unpaired) electrons. The lowest BCUT2D eigenvalue weighted by molar-refractivity contribution is 0.314. The molecule has 0 aliphatic heterocycles. The van der Waals surface area contributed by atoms with Crippen LogP contribution in [0.15, 0.2) is 364 Å². The number of hydrogen-bond acceptors (Lipinski definition) is 4. The van der Waals surface area contributed by atoms with Gasteiger partial charge in [-0.05, 0) is 62.2 Å². The van der Waals surface area contributed by atoms with Gasteiger partial charge < -0.3 is 17.8 Å². The molecule has 12 aromatic carbocycles. The number of hydrogen-bond donors (Lipinski definition) is 1. The standard InChI is InChI=1S/C54H45BO3Si3.C18H16OSi/c1-10-28-46(29-11-1)59(47-30-12-2-13-31-47,48-32-14-3-15-33-48)56-55(57-60(49-34-16-4-17-35-49,50-36-18-5-19-37-50)51-38-20-6-21-39-51)58-61(52-40-22-7-23-41-52,53-42-24-8-25-43-53)54-44-26-9-27-45-54;19-20(16-10-4-1-5-11-16,17-12-6-2-7-13-17)18-14-8-3-9-15-18/h1-45H;1-15,19H. The Morgan fingerprint density at radius 2 is 0.284 bits per heavy atom. The molecule has 81 heavy (non-hydrogen) atoms. The van der Waals surface area contributed by atoms with E-state index in [0.717, 1.165) is 62.2 Å². The van der Waals surface area contributed by atoms with Gasteiger partial charge in [0.2, 0.25) is 0 Å². The van der Waals surface area contributed by atoms with Crippen LogP contribution in [0.5, 0.6) is 0 Å². The molecule has 0 atom stereocenters. The van der Waals surface area contributed by atoms with Crippen LogP contribution in [0.3, 0.4) is 0 Å². The molecular formula is C72H61BO4Si4. The van der Waals surface area contributed by atoms with Crippen molar-refractivity contribution < 1.29 is 17.8 Å². The maximum atomic E-state index is 11.6. The summed E-state index contributed by atoms with van der Waals surface area (Å²) in [5, 5.41) is 12.8. The predicted molar refractivity (Wildman–Crippen MR) is 347 cm³/mol. The fourth-order valence-corrected chi connectivity index (χ4v) is 25.9. The first-order valence-electron chi connectivity index (χ1n) is 27.5. The van der Waals surface area contributed by atoms with E-state index in [-0.39, 0.29) is 0 Å². The Bertz CT molecular complexity index is 3090. The van der Waals surface area contributed by atoms with Gasteiger partial charge >= 0.3 is 7.32 Å². The maximum absolute atomic E-state index is 11.6. The summed E-state index contributed by atoms with van der Waals surface area (Å²) < 4.78 is 24.6. The second-order valence-corrected chi connectivity index (χ2v) is 32.9. The zero-order valence-corrected chi connectivity index (χ0v) is 48.9. The Hall–Kier alpha value is -8.59. The first-order valence-corrected chi connectivity index (χ1v) is 35.1. The van der Waals surface area contributed by atoms with Crippen LogP contribution in [-0.4, -0.2) is 45.4 Å². The summed E-state index contributed by atoms with van der Waals surface area (Å²) in [5.41, 5.74) is 0. The van der Waals surface area contributed by atoms with Crippen molar-refractivity contribution in [1.82, 2.24) is 0 Å². The molecule has 1 N–H and O–H groups in total. The van der Waals surface area contributed by atoms with Crippen molar-refractivity contribution in [3.05, 3.63) is 364 Å². The summed E-state index contributed by atoms with van der Waals surface area (Å²) >= 11 is 0. The molecule has 0 aliphatic carbocycles. The van der Waals surface area contributed by atoms with E-state index in [1.165, 1.54) is 0 Å². The fourth-order valence-electron chi connectivity index (χ4n) is 11.2. The van der Waals surface area contributed by atoms with Gasteiger partial charge in [0.05, 0.1) is 0 Å². The summed E-state index contributed by atoms with van der Waals surface area (Å²) in [4.78, 5) is 11.6. The first-order chi connectivity index (χ1) is 40.0. The van der Waals surface area contributed by atoms with E-state index >= 15 is 0 Å². The molecule has 12 aromatic rings. The van der Waals surface area contributed by atoms with Gasteiger partial charge in [-0.1, -0.05) is 364 Å². The molecule has 9 heteroatoms. The van der Waals surface area contributed by atoms with Gasteiger partial charge in [-0.2, -0.15) is 0 Å². The Morgan fingerprint density at radius 3 is 0.407 bits per heavy atom. The molecular weight excluding hydrogens is 1050 g/mol. The molecule has 0 saturated heterocycles. The third-order valence-electron chi connectivity index (χ3n) is 15.0. The molecule has 0 unspecified atom stereocenters. The van der Waals surface area contributed by atoms with Gasteiger partial charge in [-0.3, -0.25) is 0 Å². The average Bonchev–Trinajstić information content (AvgIpc) is 3.66. The van der Waals surface area contributed by atoms with Crippen molar-refractivity contribution in [1.29, 1.82) is 0 Å². The highest BCUT2D eigenvalue weighted by Crippen LogP contribution is 2.22. The zero-order valence-electron chi connectivity index (χ0n) is 44.9. The monoisotopic (exact) mass is 1110 g/mol. The average molecular weight is 1110 g/mol. The molecule has 392 valence electrons. The van der Waals surface area contributed by atoms with E-state index < -0.39 is 40.6 Å². The van der Waals surface area contributed by atoms with Crippen LogP contribution in [-0.2, 0) is 13.0 Å². The smallest absolute Gasteiger partial charge is 0.421 e. The lowest BCUT2D eigenvalue weighted by atomic mass is 10.3. The van der Waals surface area contributed by atoms with Gasteiger partial charge in [-0.15, -0.1) is 0 Å². The van der Waals surface area contributed by atoms with Crippen LogP contribution in [0.2, 0.25) is 0 Å². The van der Waals surface area contributed by atoms with Crippen LogP contribution in [0.25, 0.3) is 0 Å². The SMILES string of the molecule is O[Si](c1ccccc1)(c1ccccc1)c1ccccc1.c1ccc([Si](OB(O[Si](c2ccccc2)(c2ccccc2)c2ccccc2)O[Si](c2ccccc2)(c2ccccc2)c2ccccc2)(c2ccccc2)c2ccccc2)cc1. The summed E-state index contributed by atoms with van der Waals surface area (Å²) in [6, 6.07) is 126. The second kappa shape index (κ2) is 25.7. The van der Waals surface area contributed by atoms with Crippen LogP contribution < -0.4 is 62.2 Å². The number of benzene rings is 12. The second-order valence-electron chi connectivity index (χ2n) is 19.8. The van der Waals surface area contributed by atoms with Crippen molar-refractivity contribution in [2.24, 2.45) is 0 Å². The highest BCUT2D eigenvalue weighted by atomic mass is 28.4. The minimum Gasteiger partial charge on any atom is -0.421 e. The van der Waals surface area contributed by atoms with Gasteiger partial charge in [0.15, 0.2) is 0 Å². The van der Waals surface area contributed by atoms with Crippen molar-refractivity contribution >= 4 is 103 Å². The van der Waals surface area contributed by atoms with Gasteiger partial charge in [0.25, 0.3) is 33.3 Å². The van der Waals surface area contributed by atoms with E-state index in [1.54, 1.807) is 0 Å².